The van der Waals surface area contributed by atoms with Crippen molar-refractivity contribution < 1.29 is 18.8 Å². The van der Waals surface area contributed by atoms with E-state index in [9.17, 15) is 9.59 Å². The summed E-state index contributed by atoms with van der Waals surface area (Å²) in [6, 6.07) is 40.6. The molecule has 2 unspecified atom stereocenters. The first-order valence-corrected chi connectivity index (χ1v) is 18.2. The van der Waals surface area contributed by atoms with Crippen LogP contribution in [0.4, 0.5) is 5.69 Å². The number of ether oxygens (including phenoxy) is 1. The second-order valence-electron chi connectivity index (χ2n) is 13.0. The van der Waals surface area contributed by atoms with Gasteiger partial charge in [0.2, 0.25) is 5.91 Å². The molecule has 0 saturated carbocycles. The van der Waals surface area contributed by atoms with Gasteiger partial charge >= 0.3 is 5.97 Å². The molecular formula is C40H45NO4Si. The first-order valence-electron chi connectivity index (χ1n) is 16.2. The Hall–Kier alpha value is -4.26. The molecule has 0 bridgehead atoms. The number of esters is 1. The highest BCUT2D eigenvalue weighted by Crippen LogP contribution is 2.37. The molecule has 0 N–H and O–H groups in total. The van der Waals surface area contributed by atoms with Crippen LogP contribution in [-0.4, -0.2) is 33.3 Å². The average molecular weight is 632 g/mol. The van der Waals surface area contributed by atoms with E-state index in [1.54, 1.807) is 0 Å². The van der Waals surface area contributed by atoms with Crippen LogP contribution in [0.1, 0.15) is 58.6 Å². The number of carbonyl (C=O) groups is 2. The minimum atomic E-state index is -2.70. The quantitative estimate of drug-likeness (QED) is 0.0971. The normalized spacial score (nSPS) is 16.3. The molecule has 0 aromatic heterocycles. The number of para-hydroxylation sites is 1. The molecule has 0 saturated heterocycles. The number of carbonyl (C=O) groups excluding carboxylic acids is 2. The molecule has 46 heavy (non-hydrogen) atoms. The zero-order chi connectivity index (χ0) is 32.6. The summed E-state index contributed by atoms with van der Waals surface area (Å²) in [7, 11) is -2.70. The standard InChI is InChI=1S/C40H45NO4Si/c1-31(33-17-9-5-10-18-33)45-38(42)30-34-29-32(25-27-41(39(34)43)35-19-11-6-12-20-35)26-28-44-46(40(2,3)4,36-21-13-7-14-22-36)37-23-15-8-16-24-37/h5-24,29,31,34H,25-28,30H2,1-4H3. The van der Waals surface area contributed by atoms with Gasteiger partial charge in [-0.1, -0.05) is 142 Å². The van der Waals surface area contributed by atoms with Gasteiger partial charge in [0, 0.05) is 18.8 Å². The Bertz CT molecular complexity index is 1560. The summed E-state index contributed by atoms with van der Waals surface area (Å²) >= 11 is 0. The zero-order valence-electron chi connectivity index (χ0n) is 27.4. The van der Waals surface area contributed by atoms with Crippen molar-refractivity contribution >= 4 is 36.3 Å². The van der Waals surface area contributed by atoms with Crippen LogP contribution in [0, 0.1) is 5.92 Å². The Morgan fingerprint density at radius 1 is 0.826 bits per heavy atom. The van der Waals surface area contributed by atoms with Crippen molar-refractivity contribution in [2.24, 2.45) is 5.92 Å². The van der Waals surface area contributed by atoms with E-state index in [1.807, 2.05) is 90.7 Å². The molecule has 0 spiro atoms. The van der Waals surface area contributed by atoms with Gasteiger partial charge in [-0.25, -0.2) is 0 Å². The average Bonchev–Trinajstić information content (AvgIpc) is 3.22. The van der Waals surface area contributed by atoms with Gasteiger partial charge in [0.05, 0.1) is 12.3 Å². The Morgan fingerprint density at radius 2 is 1.35 bits per heavy atom. The fraction of sp³-hybridized carbons (Fsp3) is 0.300. The van der Waals surface area contributed by atoms with E-state index in [0.29, 0.717) is 26.0 Å². The van der Waals surface area contributed by atoms with E-state index in [1.165, 1.54) is 10.4 Å². The molecule has 1 amide bonds. The second-order valence-corrected chi connectivity index (χ2v) is 17.3. The zero-order valence-corrected chi connectivity index (χ0v) is 28.4. The van der Waals surface area contributed by atoms with Gasteiger partial charge in [-0.2, -0.15) is 0 Å². The molecule has 0 radical (unpaired) electrons. The summed E-state index contributed by atoms with van der Waals surface area (Å²) in [6.45, 7) is 9.75. The number of benzene rings is 4. The van der Waals surface area contributed by atoms with E-state index >= 15 is 0 Å². The molecule has 1 aliphatic rings. The summed E-state index contributed by atoms with van der Waals surface area (Å²) in [6.07, 6.45) is 2.97. The van der Waals surface area contributed by atoms with Crippen molar-refractivity contribution in [3.05, 3.63) is 139 Å². The van der Waals surface area contributed by atoms with Crippen molar-refractivity contribution in [1.29, 1.82) is 0 Å². The van der Waals surface area contributed by atoms with Crippen LogP contribution in [0.25, 0.3) is 0 Å². The van der Waals surface area contributed by atoms with Crippen LogP contribution in [0.2, 0.25) is 5.04 Å². The van der Waals surface area contributed by atoms with Crippen molar-refractivity contribution in [2.45, 2.75) is 58.1 Å². The van der Waals surface area contributed by atoms with Crippen LogP contribution in [-0.2, 0) is 18.8 Å². The maximum absolute atomic E-state index is 14.0. The molecule has 4 aromatic rings. The van der Waals surface area contributed by atoms with Crippen LogP contribution < -0.4 is 15.3 Å². The third-order valence-electron chi connectivity index (χ3n) is 8.87. The Morgan fingerprint density at radius 3 is 1.89 bits per heavy atom. The van der Waals surface area contributed by atoms with E-state index in [0.717, 1.165) is 16.8 Å². The van der Waals surface area contributed by atoms with Gasteiger partial charge in [0.25, 0.3) is 8.32 Å². The summed E-state index contributed by atoms with van der Waals surface area (Å²) in [4.78, 5) is 29.0. The third kappa shape index (κ3) is 7.57. The lowest BCUT2D eigenvalue weighted by Gasteiger charge is -2.43. The van der Waals surface area contributed by atoms with Crippen LogP contribution >= 0.6 is 0 Å². The summed E-state index contributed by atoms with van der Waals surface area (Å²) in [5, 5.41) is 2.35. The van der Waals surface area contributed by atoms with E-state index in [2.05, 4.69) is 69.3 Å². The third-order valence-corrected chi connectivity index (χ3v) is 13.9. The molecule has 4 aromatic carbocycles. The van der Waals surface area contributed by atoms with E-state index < -0.39 is 20.3 Å². The molecule has 5 rings (SSSR count). The number of nitrogens with zero attached hydrogens (tertiary/aromatic N) is 1. The Kier molecular flexibility index (Phi) is 10.7. The number of hydrogen-bond acceptors (Lipinski definition) is 4. The fourth-order valence-electron chi connectivity index (χ4n) is 6.54. The van der Waals surface area contributed by atoms with E-state index in [4.69, 9.17) is 9.16 Å². The summed E-state index contributed by atoms with van der Waals surface area (Å²) < 4.78 is 13.0. The predicted octanol–water partition coefficient (Wildman–Crippen LogP) is 7.63. The summed E-state index contributed by atoms with van der Waals surface area (Å²) in [5.41, 5.74) is 2.88. The molecule has 1 heterocycles. The van der Waals surface area contributed by atoms with Crippen LogP contribution in [0.3, 0.4) is 0 Å². The molecule has 6 heteroatoms. The molecule has 0 aliphatic carbocycles. The van der Waals surface area contributed by atoms with Crippen molar-refractivity contribution in [1.82, 2.24) is 0 Å². The number of amides is 1. The number of rotatable bonds is 11. The minimum Gasteiger partial charge on any atom is -0.458 e. The molecule has 0 fully saturated rings. The predicted molar refractivity (Wildman–Crippen MR) is 189 cm³/mol. The van der Waals surface area contributed by atoms with Gasteiger partial charge in [0.15, 0.2) is 0 Å². The van der Waals surface area contributed by atoms with Crippen LogP contribution in [0.5, 0.6) is 0 Å². The van der Waals surface area contributed by atoms with Gasteiger partial charge in [-0.3, -0.25) is 9.59 Å². The minimum absolute atomic E-state index is 0.0155. The highest BCUT2D eigenvalue weighted by Gasteiger charge is 2.50. The SMILES string of the molecule is CC(OC(=O)CC1C=C(CCO[Si](c2ccccc2)(c2ccccc2)C(C)(C)C)CCN(c2ccccc2)C1=O)c1ccccc1. The lowest BCUT2D eigenvalue weighted by molar-refractivity contribution is -0.150. The Balaban J connectivity index is 1.39. The van der Waals surface area contributed by atoms with Crippen molar-refractivity contribution in [3.63, 3.8) is 0 Å². The lowest BCUT2D eigenvalue weighted by atomic mass is 9.99. The second kappa shape index (κ2) is 14.9. The molecule has 1 aliphatic heterocycles. The molecule has 5 nitrogen and oxygen atoms in total. The molecule has 238 valence electrons. The van der Waals surface area contributed by atoms with Crippen molar-refractivity contribution in [3.8, 4) is 0 Å². The highest BCUT2D eigenvalue weighted by atomic mass is 28.4. The van der Waals surface area contributed by atoms with Gasteiger partial charge in [0.1, 0.15) is 6.10 Å². The highest BCUT2D eigenvalue weighted by molar-refractivity contribution is 6.99. The molecular weight excluding hydrogens is 587 g/mol. The van der Waals surface area contributed by atoms with Gasteiger partial charge < -0.3 is 14.1 Å². The Labute approximate surface area is 275 Å². The fourth-order valence-corrected chi connectivity index (χ4v) is 11.1. The van der Waals surface area contributed by atoms with Crippen LogP contribution in [0.15, 0.2) is 133 Å². The first kappa shape index (κ1) is 33.1. The topological polar surface area (TPSA) is 55.8 Å². The maximum atomic E-state index is 14.0. The number of hydrogen-bond donors (Lipinski definition) is 0. The van der Waals surface area contributed by atoms with Crippen molar-refractivity contribution in [2.75, 3.05) is 18.1 Å². The molecule has 2 atom stereocenters. The summed E-state index contributed by atoms with van der Waals surface area (Å²) in [5.74, 6) is -1.09. The first-order chi connectivity index (χ1) is 22.2. The van der Waals surface area contributed by atoms with Gasteiger partial charge in [-0.05, 0) is 52.9 Å². The largest absolute Gasteiger partial charge is 0.458 e. The number of anilines is 1. The van der Waals surface area contributed by atoms with Gasteiger partial charge in [-0.15, -0.1) is 0 Å². The lowest BCUT2D eigenvalue weighted by Crippen LogP contribution is -2.66. The maximum Gasteiger partial charge on any atom is 0.307 e. The monoisotopic (exact) mass is 631 g/mol. The van der Waals surface area contributed by atoms with E-state index in [-0.39, 0.29) is 23.3 Å². The smallest absolute Gasteiger partial charge is 0.307 e.